The van der Waals surface area contributed by atoms with E-state index in [0.717, 1.165) is 17.7 Å². The van der Waals surface area contributed by atoms with Gasteiger partial charge in [-0.05, 0) is 55.0 Å². The van der Waals surface area contributed by atoms with Crippen molar-refractivity contribution in [1.82, 2.24) is 0 Å². The van der Waals surface area contributed by atoms with E-state index >= 15 is 0 Å². The molecule has 32 heavy (non-hydrogen) atoms. The van der Waals surface area contributed by atoms with E-state index in [9.17, 15) is 26.4 Å². The van der Waals surface area contributed by atoms with Crippen LogP contribution in [0.3, 0.4) is 0 Å². The number of anilines is 2. The zero-order chi connectivity index (χ0) is 23.5. The molecule has 0 fully saturated rings. The van der Waals surface area contributed by atoms with E-state index in [-0.39, 0.29) is 10.6 Å². The van der Waals surface area contributed by atoms with Gasteiger partial charge in [0.05, 0.1) is 16.1 Å². The molecule has 3 rings (SSSR count). The zero-order valence-corrected chi connectivity index (χ0v) is 18.3. The summed E-state index contributed by atoms with van der Waals surface area (Å²) in [7, 11) is -4.34. The van der Waals surface area contributed by atoms with Crippen LogP contribution in [0.15, 0.2) is 77.7 Å². The van der Waals surface area contributed by atoms with Crippen LogP contribution in [0.25, 0.3) is 0 Å². The molecule has 0 aliphatic heterocycles. The summed E-state index contributed by atoms with van der Waals surface area (Å²) in [5.74, 6) is -0.748. The molecule has 0 saturated carbocycles. The monoisotopic (exact) mass is 482 g/mol. The second-order valence-corrected chi connectivity index (χ2v) is 9.15. The molecule has 0 bridgehead atoms. The van der Waals surface area contributed by atoms with Gasteiger partial charge in [0.1, 0.15) is 6.54 Å². The molecule has 0 aliphatic rings. The number of amides is 1. The number of carbonyl (C=O) groups is 1. The highest BCUT2D eigenvalue weighted by atomic mass is 35.5. The molecule has 3 aromatic rings. The summed E-state index contributed by atoms with van der Waals surface area (Å²) in [4.78, 5) is 12.5. The molecule has 0 heterocycles. The standard InChI is InChI=1S/C22H18ClF3N2O3S/c1-15-10-11-17(13-20(15)23)27-21(29)14-28(32(30,31)19-8-3-2-4-9-19)18-7-5-6-16(12-18)22(24,25)26/h2-13H,14H2,1H3,(H,27,29). The summed E-state index contributed by atoms with van der Waals surface area (Å²) in [5.41, 5.74) is -0.219. The molecule has 5 nitrogen and oxygen atoms in total. The third-order valence-electron chi connectivity index (χ3n) is 4.54. The Bertz CT molecular complexity index is 1230. The first kappa shape index (κ1) is 23.6. The van der Waals surface area contributed by atoms with Gasteiger partial charge in [0, 0.05) is 10.7 Å². The van der Waals surface area contributed by atoms with Crippen molar-refractivity contribution in [1.29, 1.82) is 0 Å². The van der Waals surface area contributed by atoms with Gasteiger partial charge in [-0.3, -0.25) is 9.10 Å². The molecular weight excluding hydrogens is 465 g/mol. The van der Waals surface area contributed by atoms with Gasteiger partial charge >= 0.3 is 6.18 Å². The van der Waals surface area contributed by atoms with Crippen LogP contribution in [-0.2, 0) is 21.0 Å². The van der Waals surface area contributed by atoms with E-state index in [4.69, 9.17) is 11.6 Å². The molecule has 168 valence electrons. The maximum atomic E-state index is 13.2. The number of benzene rings is 3. The molecule has 0 saturated heterocycles. The quantitative estimate of drug-likeness (QED) is 0.504. The lowest BCUT2D eigenvalue weighted by Crippen LogP contribution is -2.38. The number of halogens is 4. The van der Waals surface area contributed by atoms with Gasteiger partial charge in [0.2, 0.25) is 5.91 Å². The first-order valence-electron chi connectivity index (χ1n) is 9.29. The predicted molar refractivity (Wildman–Crippen MR) is 117 cm³/mol. The van der Waals surface area contributed by atoms with Crippen LogP contribution < -0.4 is 9.62 Å². The summed E-state index contributed by atoms with van der Waals surface area (Å²) < 4.78 is 66.7. The molecule has 0 atom stereocenters. The van der Waals surface area contributed by atoms with E-state index in [0.29, 0.717) is 21.1 Å². The number of rotatable bonds is 6. The Morgan fingerprint density at radius 1 is 1.00 bits per heavy atom. The highest BCUT2D eigenvalue weighted by molar-refractivity contribution is 7.92. The van der Waals surface area contributed by atoms with Crippen molar-refractivity contribution >= 4 is 38.9 Å². The molecule has 1 amide bonds. The largest absolute Gasteiger partial charge is 0.416 e. The lowest BCUT2D eigenvalue weighted by Gasteiger charge is -2.25. The summed E-state index contributed by atoms with van der Waals surface area (Å²) in [6, 6.07) is 15.7. The van der Waals surface area contributed by atoms with Crippen molar-refractivity contribution in [2.45, 2.75) is 18.0 Å². The molecule has 10 heteroatoms. The number of hydrogen-bond donors (Lipinski definition) is 1. The van der Waals surface area contributed by atoms with Crippen LogP contribution in [0.5, 0.6) is 0 Å². The van der Waals surface area contributed by atoms with Crippen LogP contribution in [0.2, 0.25) is 5.02 Å². The smallest absolute Gasteiger partial charge is 0.324 e. The number of nitrogens with zero attached hydrogens (tertiary/aromatic N) is 1. The fourth-order valence-corrected chi connectivity index (χ4v) is 4.49. The number of hydrogen-bond acceptors (Lipinski definition) is 3. The average molecular weight is 483 g/mol. The predicted octanol–water partition coefficient (Wildman–Crippen LogP) is 5.50. The van der Waals surface area contributed by atoms with E-state index < -0.39 is 34.2 Å². The Hall–Kier alpha value is -3.04. The lowest BCUT2D eigenvalue weighted by atomic mass is 10.2. The van der Waals surface area contributed by atoms with E-state index in [1.807, 2.05) is 0 Å². The van der Waals surface area contributed by atoms with Crippen molar-refractivity contribution in [2.75, 3.05) is 16.2 Å². The maximum absolute atomic E-state index is 13.2. The fraction of sp³-hybridized carbons (Fsp3) is 0.136. The van der Waals surface area contributed by atoms with Gasteiger partial charge in [-0.2, -0.15) is 13.2 Å². The highest BCUT2D eigenvalue weighted by Gasteiger charge is 2.33. The van der Waals surface area contributed by atoms with Crippen LogP contribution in [0.4, 0.5) is 24.5 Å². The molecular formula is C22H18ClF3N2O3S. The second kappa shape index (κ2) is 9.22. The zero-order valence-electron chi connectivity index (χ0n) is 16.7. The minimum absolute atomic E-state index is 0.163. The molecule has 1 N–H and O–H groups in total. The summed E-state index contributed by atoms with van der Waals surface area (Å²) >= 11 is 6.05. The van der Waals surface area contributed by atoms with Gasteiger partial charge in [-0.25, -0.2) is 8.42 Å². The average Bonchev–Trinajstić information content (AvgIpc) is 2.74. The number of nitrogens with one attached hydrogen (secondary N) is 1. The molecule has 0 aromatic heterocycles. The number of sulfonamides is 1. The minimum Gasteiger partial charge on any atom is -0.324 e. The third-order valence-corrected chi connectivity index (χ3v) is 6.73. The molecule has 0 aliphatic carbocycles. The molecule has 0 unspecified atom stereocenters. The first-order chi connectivity index (χ1) is 15.0. The van der Waals surface area contributed by atoms with Crippen molar-refractivity contribution in [3.05, 3.63) is 88.9 Å². The van der Waals surface area contributed by atoms with Crippen molar-refractivity contribution in [3.63, 3.8) is 0 Å². The number of aryl methyl sites for hydroxylation is 1. The van der Waals surface area contributed by atoms with E-state index in [1.54, 1.807) is 25.1 Å². The van der Waals surface area contributed by atoms with Gasteiger partial charge in [0.15, 0.2) is 0 Å². The Morgan fingerprint density at radius 3 is 2.31 bits per heavy atom. The minimum atomic E-state index is -4.68. The fourth-order valence-electron chi connectivity index (χ4n) is 2.87. The normalized spacial score (nSPS) is 11.8. The van der Waals surface area contributed by atoms with Crippen molar-refractivity contribution in [3.8, 4) is 0 Å². The third kappa shape index (κ3) is 5.41. The van der Waals surface area contributed by atoms with Gasteiger partial charge in [-0.15, -0.1) is 0 Å². The maximum Gasteiger partial charge on any atom is 0.416 e. The molecule has 3 aromatic carbocycles. The molecule has 0 radical (unpaired) electrons. The Kier molecular flexibility index (Phi) is 6.80. The van der Waals surface area contributed by atoms with Crippen LogP contribution >= 0.6 is 11.6 Å². The number of alkyl halides is 3. The van der Waals surface area contributed by atoms with E-state index in [2.05, 4.69) is 5.32 Å². The van der Waals surface area contributed by atoms with Crippen molar-refractivity contribution in [2.24, 2.45) is 0 Å². The first-order valence-corrected chi connectivity index (χ1v) is 11.1. The number of carbonyl (C=O) groups excluding carboxylic acids is 1. The van der Waals surface area contributed by atoms with E-state index in [1.165, 1.54) is 36.4 Å². The summed E-state index contributed by atoms with van der Waals surface area (Å²) in [6.07, 6.45) is -4.68. The van der Waals surface area contributed by atoms with Gasteiger partial charge in [-0.1, -0.05) is 41.9 Å². The lowest BCUT2D eigenvalue weighted by molar-refractivity contribution is -0.137. The highest BCUT2D eigenvalue weighted by Crippen LogP contribution is 2.33. The van der Waals surface area contributed by atoms with Crippen LogP contribution in [-0.4, -0.2) is 20.9 Å². The Morgan fingerprint density at radius 2 is 1.69 bits per heavy atom. The van der Waals surface area contributed by atoms with Gasteiger partial charge < -0.3 is 5.32 Å². The SMILES string of the molecule is Cc1ccc(NC(=O)CN(c2cccc(C(F)(F)F)c2)S(=O)(=O)c2ccccc2)cc1Cl. The van der Waals surface area contributed by atoms with Crippen molar-refractivity contribution < 1.29 is 26.4 Å². The topological polar surface area (TPSA) is 66.5 Å². The summed E-state index contributed by atoms with van der Waals surface area (Å²) in [6.45, 7) is 1.03. The Balaban J connectivity index is 1.99. The molecule has 0 spiro atoms. The van der Waals surface area contributed by atoms with Crippen LogP contribution in [0, 0.1) is 6.92 Å². The van der Waals surface area contributed by atoms with Crippen LogP contribution in [0.1, 0.15) is 11.1 Å². The van der Waals surface area contributed by atoms with Gasteiger partial charge in [0.25, 0.3) is 10.0 Å². The summed E-state index contributed by atoms with van der Waals surface area (Å²) in [5, 5.41) is 2.92. The Labute approximate surface area is 188 Å². The second-order valence-electron chi connectivity index (χ2n) is 6.88.